The highest BCUT2D eigenvalue weighted by Gasteiger charge is 2.52. The predicted octanol–water partition coefficient (Wildman–Crippen LogP) is 6.12. The van der Waals surface area contributed by atoms with Gasteiger partial charge in [0.05, 0.1) is 25.9 Å². The Morgan fingerprint density at radius 3 is 2.27 bits per heavy atom. The Balaban J connectivity index is 1.58. The molecular formula is C30H42O6Si. The van der Waals surface area contributed by atoms with E-state index in [4.69, 9.17) is 28.4 Å². The number of benzene rings is 2. The van der Waals surface area contributed by atoms with Crippen LogP contribution in [0.2, 0.25) is 25.7 Å². The molecule has 0 bridgehead atoms. The van der Waals surface area contributed by atoms with Crippen LogP contribution in [-0.4, -0.2) is 58.1 Å². The molecule has 2 aliphatic heterocycles. The van der Waals surface area contributed by atoms with E-state index in [0.717, 1.165) is 22.7 Å². The summed E-state index contributed by atoms with van der Waals surface area (Å²) in [7, 11) is -1.32. The maximum absolute atomic E-state index is 6.59. The monoisotopic (exact) mass is 526 g/mol. The third-order valence-electron chi connectivity index (χ3n) is 6.31. The van der Waals surface area contributed by atoms with Crippen molar-refractivity contribution >= 4 is 8.07 Å². The van der Waals surface area contributed by atoms with Crippen molar-refractivity contribution in [3.63, 3.8) is 0 Å². The van der Waals surface area contributed by atoms with Crippen molar-refractivity contribution in [1.82, 2.24) is 0 Å². The molecule has 0 radical (unpaired) electrons. The molecule has 2 heterocycles. The lowest BCUT2D eigenvalue weighted by molar-refractivity contribution is -0.374. The van der Waals surface area contributed by atoms with Gasteiger partial charge in [-0.15, -0.1) is 0 Å². The summed E-state index contributed by atoms with van der Waals surface area (Å²) in [6, 6.07) is 21.1. The molecule has 4 rings (SSSR count). The Labute approximate surface area is 222 Å². The van der Waals surface area contributed by atoms with Gasteiger partial charge in [0.2, 0.25) is 0 Å². The second-order valence-electron chi connectivity index (χ2n) is 11.4. The quantitative estimate of drug-likeness (QED) is 0.260. The first kappa shape index (κ1) is 28.2. The molecule has 1 unspecified atom stereocenters. The van der Waals surface area contributed by atoms with Gasteiger partial charge in [-0.1, -0.05) is 92.5 Å². The van der Waals surface area contributed by atoms with Crippen molar-refractivity contribution < 1.29 is 28.4 Å². The molecule has 6 nitrogen and oxygen atoms in total. The van der Waals surface area contributed by atoms with Crippen molar-refractivity contribution in [2.24, 2.45) is 0 Å². The van der Waals surface area contributed by atoms with Crippen molar-refractivity contribution in [3.8, 4) is 0 Å². The summed E-state index contributed by atoms with van der Waals surface area (Å²) in [5.74, 6) is 0. The minimum absolute atomic E-state index is 0.0462. The summed E-state index contributed by atoms with van der Waals surface area (Å²) in [6.07, 6.45) is -2.78. The van der Waals surface area contributed by atoms with E-state index in [1.54, 1.807) is 0 Å². The molecule has 2 aromatic rings. The maximum Gasteiger partial charge on any atom is 0.187 e. The summed E-state index contributed by atoms with van der Waals surface area (Å²) in [4.78, 5) is 0. The van der Waals surface area contributed by atoms with Crippen LogP contribution >= 0.6 is 0 Å². The molecule has 0 saturated carbocycles. The van der Waals surface area contributed by atoms with Crippen LogP contribution in [0.5, 0.6) is 0 Å². The number of rotatable bonds is 11. The molecule has 0 amide bonds. The minimum atomic E-state index is -1.32. The molecule has 0 spiro atoms. The van der Waals surface area contributed by atoms with E-state index in [0.29, 0.717) is 19.8 Å². The van der Waals surface area contributed by atoms with Gasteiger partial charge in [-0.05, 0) is 25.5 Å². The number of hydrogen-bond acceptors (Lipinski definition) is 6. The van der Waals surface area contributed by atoms with E-state index in [9.17, 15) is 0 Å². The SMILES string of the molecule is C=C(CO[C@@H]1[C@@H](OC(C)C)O[C@@H]2COC(c3ccccc3)O[C@H]2[C@@H]1OCc1ccccc1)C[Si](C)(C)C. The van der Waals surface area contributed by atoms with Gasteiger partial charge in [-0.25, -0.2) is 0 Å². The van der Waals surface area contributed by atoms with E-state index in [2.05, 4.69) is 38.4 Å². The summed E-state index contributed by atoms with van der Waals surface area (Å²) in [5.41, 5.74) is 3.13. The lowest BCUT2D eigenvalue weighted by Crippen LogP contribution is -2.64. The van der Waals surface area contributed by atoms with Crippen LogP contribution in [0.1, 0.15) is 31.3 Å². The van der Waals surface area contributed by atoms with Crippen LogP contribution in [0.4, 0.5) is 0 Å². The average Bonchev–Trinajstić information content (AvgIpc) is 2.86. The molecular weight excluding hydrogens is 484 g/mol. The van der Waals surface area contributed by atoms with E-state index in [1.165, 1.54) is 0 Å². The van der Waals surface area contributed by atoms with Crippen molar-refractivity contribution in [2.45, 2.75) is 89.2 Å². The van der Waals surface area contributed by atoms with Gasteiger partial charge >= 0.3 is 0 Å². The first-order valence-electron chi connectivity index (χ1n) is 13.3. The zero-order valence-electron chi connectivity index (χ0n) is 22.8. The van der Waals surface area contributed by atoms with Crippen LogP contribution in [0.25, 0.3) is 0 Å². The first-order chi connectivity index (χ1) is 17.7. The molecule has 0 N–H and O–H groups in total. The Morgan fingerprint density at radius 2 is 1.62 bits per heavy atom. The molecule has 6 atom stereocenters. The zero-order chi connectivity index (χ0) is 26.4. The molecule has 2 fully saturated rings. The standard InChI is InChI=1S/C30H42O6Si/c1-21(2)34-30-28(31-17-22(3)20-37(4,5)6)27(32-18-23-13-9-7-10-14-23)26-25(35-30)19-33-29(36-26)24-15-11-8-12-16-24/h7-16,21,25-30H,3,17-20H2,1-2,4-6H3/t25-,26-,27+,28+,29?,30+/m1/s1. The van der Waals surface area contributed by atoms with Crippen LogP contribution in [0.15, 0.2) is 72.8 Å². The molecule has 202 valence electrons. The molecule has 2 saturated heterocycles. The molecule has 37 heavy (non-hydrogen) atoms. The smallest absolute Gasteiger partial charge is 0.187 e. The maximum atomic E-state index is 6.59. The normalized spacial score (nSPS) is 28.2. The van der Waals surface area contributed by atoms with Crippen LogP contribution in [-0.2, 0) is 35.0 Å². The zero-order valence-corrected chi connectivity index (χ0v) is 23.8. The van der Waals surface area contributed by atoms with Gasteiger partial charge in [0, 0.05) is 13.6 Å². The van der Waals surface area contributed by atoms with Gasteiger partial charge < -0.3 is 28.4 Å². The fourth-order valence-electron chi connectivity index (χ4n) is 4.85. The Hall–Kier alpha value is -1.84. The molecule has 2 aromatic carbocycles. The molecule has 2 aliphatic rings. The van der Waals surface area contributed by atoms with Gasteiger partial charge in [-0.2, -0.15) is 0 Å². The Kier molecular flexibility index (Phi) is 9.75. The second kappa shape index (κ2) is 12.8. The highest BCUT2D eigenvalue weighted by atomic mass is 28.3. The third-order valence-corrected chi connectivity index (χ3v) is 7.87. The largest absolute Gasteiger partial charge is 0.368 e. The predicted molar refractivity (Wildman–Crippen MR) is 147 cm³/mol. The van der Waals surface area contributed by atoms with Gasteiger partial charge in [0.15, 0.2) is 12.6 Å². The van der Waals surface area contributed by atoms with E-state index < -0.39 is 32.9 Å². The highest BCUT2D eigenvalue weighted by Crippen LogP contribution is 2.37. The van der Waals surface area contributed by atoms with E-state index in [1.807, 2.05) is 62.4 Å². The van der Waals surface area contributed by atoms with Crippen LogP contribution < -0.4 is 0 Å². The Morgan fingerprint density at radius 1 is 0.946 bits per heavy atom. The van der Waals surface area contributed by atoms with Gasteiger partial charge in [0.25, 0.3) is 0 Å². The second-order valence-corrected chi connectivity index (χ2v) is 16.9. The average molecular weight is 527 g/mol. The lowest BCUT2D eigenvalue weighted by Gasteiger charge is -2.49. The summed E-state index contributed by atoms with van der Waals surface area (Å²) in [5, 5.41) is 0. The van der Waals surface area contributed by atoms with Crippen LogP contribution in [0.3, 0.4) is 0 Å². The number of ether oxygens (including phenoxy) is 6. The van der Waals surface area contributed by atoms with E-state index >= 15 is 0 Å². The third kappa shape index (κ3) is 8.07. The fourth-order valence-corrected chi connectivity index (χ4v) is 6.45. The summed E-state index contributed by atoms with van der Waals surface area (Å²) in [6.45, 7) is 16.5. The summed E-state index contributed by atoms with van der Waals surface area (Å²) >= 11 is 0. The fraction of sp³-hybridized carbons (Fsp3) is 0.533. The number of fused-ring (bicyclic) bond motifs is 1. The molecule has 7 heteroatoms. The van der Waals surface area contributed by atoms with Crippen molar-refractivity contribution in [3.05, 3.63) is 83.9 Å². The Bertz CT molecular complexity index is 977. The lowest BCUT2D eigenvalue weighted by atomic mass is 9.97. The van der Waals surface area contributed by atoms with Crippen molar-refractivity contribution in [1.29, 1.82) is 0 Å². The minimum Gasteiger partial charge on any atom is -0.368 e. The first-order valence-corrected chi connectivity index (χ1v) is 17.0. The van der Waals surface area contributed by atoms with Crippen molar-refractivity contribution in [2.75, 3.05) is 13.2 Å². The van der Waals surface area contributed by atoms with Crippen LogP contribution in [0, 0.1) is 0 Å². The molecule has 0 aromatic heterocycles. The number of hydrogen-bond donors (Lipinski definition) is 0. The molecule has 0 aliphatic carbocycles. The van der Waals surface area contributed by atoms with E-state index in [-0.39, 0.29) is 18.3 Å². The van der Waals surface area contributed by atoms with Gasteiger partial charge in [0.1, 0.15) is 24.4 Å². The highest BCUT2D eigenvalue weighted by molar-refractivity contribution is 6.76. The topological polar surface area (TPSA) is 55.4 Å². The summed E-state index contributed by atoms with van der Waals surface area (Å²) < 4.78 is 38.4. The van der Waals surface area contributed by atoms with Gasteiger partial charge in [-0.3, -0.25) is 0 Å².